The minimum Gasteiger partial charge on any atom is -0.411 e. The Morgan fingerprint density at radius 3 is 2.79 bits per heavy atom. The third-order valence-electron chi connectivity index (χ3n) is 2.08. The third-order valence-corrected chi connectivity index (χ3v) is 2.08. The zero-order valence-corrected chi connectivity index (χ0v) is 9.55. The highest BCUT2D eigenvalue weighted by Gasteiger charge is 2.09. The Kier molecular flexibility index (Phi) is 6.96. The summed E-state index contributed by atoms with van der Waals surface area (Å²) in [6.45, 7) is 9.01. The van der Waals surface area contributed by atoms with Crippen LogP contribution >= 0.6 is 0 Å². The smallest absolute Gasteiger partial charge is 0.120 e. The van der Waals surface area contributed by atoms with Gasteiger partial charge < -0.3 is 4.84 Å². The molecule has 0 amide bonds. The van der Waals surface area contributed by atoms with Gasteiger partial charge in [0, 0.05) is 25.9 Å². The quantitative estimate of drug-likeness (QED) is 0.352. The highest BCUT2D eigenvalue weighted by Crippen LogP contribution is 2.16. The molecular formula is C12H21NO. The normalized spacial score (nSPS) is 12.2. The molecular weight excluding hydrogens is 174 g/mol. The van der Waals surface area contributed by atoms with E-state index in [4.69, 9.17) is 11.3 Å². The van der Waals surface area contributed by atoms with Gasteiger partial charge in [-0.25, -0.2) is 0 Å². The van der Waals surface area contributed by atoms with Crippen molar-refractivity contribution in [2.75, 3.05) is 13.6 Å². The highest BCUT2D eigenvalue weighted by atomic mass is 16.7. The van der Waals surface area contributed by atoms with Gasteiger partial charge in [-0.15, -0.1) is 17.4 Å². The van der Waals surface area contributed by atoms with Gasteiger partial charge >= 0.3 is 0 Å². The minimum atomic E-state index is 0.324. The molecule has 0 aliphatic heterocycles. The Morgan fingerprint density at radius 2 is 2.29 bits per heavy atom. The van der Waals surface area contributed by atoms with E-state index in [1.54, 1.807) is 0 Å². The highest BCUT2D eigenvalue weighted by molar-refractivity contribution is 4.92. The van der Waals surface area contributed by atoms with Crippen molar-refractivity contribution in [3.8, 4) is 12.3 Å². The standard InChI is InChI=1S/C12H21NO/c1-6-8-9-11(3)12(4)14-13(5)10-7-2/h1,11H,4,7-10H2,2-3,5H3. The number of hydrogen-bond acceptors (Lipinski definition) is 2. The number of rotatable bonds is 7. The van der Waals surface area contributed by atoms with E-state index in [0.717, 1.165) is 31.6 Å². The number of hydroxylamine groups is 2. The molecule has 0 saturated heterocycles. The van der Waals surface area contributed by atoms with Gasteiger partial charge in [-0.05, 0) is 12.8 Å². The summed E-state index contributed by atoms with van der Waals surface area (Å²) in [6.07, 6.45) is 7.99. The Bertz CT molecular complexity index is 205. The van der Waals surface area contributed by atoms with Gasteiger partial charge in [0.05, 0.1) is 0 Å². The van der Waals surface area contributed by atoms with Gasteiger partial charge in [0.15, 0.2) is 0 Å². The molecule has 0 N–H and O–H groups in total. The van der Waals surface area contributed by atoms with Crippen molar-refractivity contribution in [2.45, 2.75) is 33.1 Å². The first-order valence-electron chi connectivity index (χ1n) is 5.13. The molecule has 0 fully saturated rings. The van der Waals surface area contributed by atoms with E-state index in [1.165, 1.54) is 0 Å². The molecule has 1 atom stereocenters. The lowest BCUT2D eigenvalue weighted by Crippen LogP contribution is -2.21. The molecule has 1 unspecified atom stereocenters. The van der Waals surface area contributed by atoms with Gasteiger partial charge in [0.2, 0.25) is 0 Å². The molecule has 0 bridgehead atoms. The van der Waals surface area contributed by atoms with Gasteiger partial charge in [0.1, 0.15) is 5.76 Å². The molecule has 0 aliphatic rings. The minimum absolute atomic E-state index is 0.324. The molecule has 0 saturated carbocycles. The van der Waals surface area contributed by atoms with Crippen LogP contribution in [0.25, 0.3) is 0 Å². The second-order valence-corrected chi connectivity index (χ2v) is 3.55. The van der Waals surface area contributed by atoms with E-state index in [2.05, 4.69) is 26.3 Å². The molecule has 2 nitrogen and oxygen atoms in total. The number of allylic oxidation sites excluding steroid dienone is 1. The van der Waals surface area contributed by atoms with Crippen LogP contribution in [-0.2, 0) is 4.84 Å². The maximum absolute atomic E-state index is 5.52. The largest absolute Gasteiger partial charge is 0.411 e. The average Bonchev–Trinajstić information content (AvgIpc) is 2.14. The molecule has 0 aromatic carbocycles. The van der Waals surface area contributed by atoms with Gasteiger partial charge in [-0.1, -0.05) is 20.4 Å². The van der Waals surface area contributed by atoms with E-state index < -0.39 is 0 Å². The van der Waals surface area contributed by atoms with Gasteiger partial charge in [-0.2, -0.15) is 0 Å². The van der Waals surface area contributed by atoms with Crippen molar-refractivity contribution < 1.29 is 4.84 Å². The fraction of sp³-hybridized carbons (Fsp3) is 0.667. The maximum atomic E-state index is 5.52. The zero-order chi connectivity index (χ0) is 11.0. The summed E-state index contributed by atoms with van der Waals surface area (Å²) in [5.74, 6) is 3.75. The summed E-state index contributed by atoms with van der Waals surface area (Å²) in [5.41, 5.74) is 0. The number of nitrogens with zero attached hydrogens (tertiary/aromatic N) is 1. The lowest BCUT2D eigenvalue weighted by Gasteiger charge is -2.21. The van der Waals surface area contributed by atoms with E-state index in [9.17, 15) is 0 Å². The van der Waals surface area contributed by atoms with Crippen molar-refractivity contribution in [1.82, 2.24) is 5.06 Å². The first-order chi connectivity index (χ1) is 6.61. The molecule has 14 heavy (non-hydrogen) atoms. The molecule has 0 aromatic heterocycles. The fourth-order valence-electron chi connectivity index (χ4n) is 1.11. The second kappa shape index (κ2) is 7.46. The van der Waals surface area contributed by atoms with Crippen LogP contribution < -0.4 is 0 Å². The molecule has 2 heteroatoms. The number of hydrogen-bond donors (Lipinski definition) is 0. The summed E-state index contributed by atoms with van der Waals surface area (Å²) < 4.78 is 0. The molecule has 0 aliphatic carbocycles. The average molecular weight is 195 g/mol. The number of terminal acetylenes is 1. The van der Waals surface area contributed by atoms with E-state index >= 15 is 0 Å². The van der Waals surface area contributed by atoms with Crippen LogP contribution in [-0.4, -0.2) is 18.7 Å². The molecule has 0 rings (SSSR count). The summed E-state index contributed by atoms with van der Waals surface area (Å²) in [4.78, 5) is 5.52. The molecule has 0 spiro atoms. The fourth-order valence-corrected chi connectivity index (χ4v) is 1.11. The van der Waals surface area contributed by atoms with Crippen LogP contribution in [0.15, 0.2) is 12.3 Å². The third kappa shape index (κ3) is 5.66. The van der Waals surface area contributed by atoms with E-state index in [-0.39, 0.29) is 0 Å². The van der Waals surface area contributed by atoms with Crippen LogP contribution in [0.4, 0.5) is 0 Å². The van der Waals surface area contributed by atoms with Crippen LogP contribution in [0.2, 0.25) is 0 Å². The lowest BCUT2D eigenvalue weighted by atomic mass is 10.0. The Hall–Kier alpha value is -0.940. The summed E-state index contributed by atoms with van der Waals surface area (Å²) in [5, 5.41) is 1.81. The Labute approximate surface area is 87.9 Å². The molecule has 80 valence electrons. The summed E-state index contributed by atoms with van der Waals surface area (Å²) >= 11 is 0. The molecule has 0 aromatic rings. The zero-order valence-electron chi connectivity index (χ0n) is 9.55. The van der Waals surface area contributed by atoms with Gasteiger partial charge in [0.25, 0.3) is 0 Å². The first-order valence-corrected chi connectivity index (χ1v) is 5.13. The Balaban J connectivity index is 3.77. The second-order valence-electron chi connectivity index (χ2n) is 3.55. The summed E-state index contributed by atoms with van der Waals surface area (Å²) in [7, 11) is 1.92. The van der Waals surface area contributed by atoms with Crippen LogP contribution in [0.5, 0.6) is 0 Å². The van der Waals surface area contributed by atoms with Crippen LogP contribution in [0.3, 0.4) is 0 Å². The topological polar surface area (TPSA) is 12.5 Å². The van der Waals surface area contributed by atoms with Crippen molar-refractivity contribution in [3.05, 3.63) is 12.3 Å². The van der Waals surface area contributed by atoms with Crippen molar-refractivity contribution >= 4 is 0 Å². The predicted octanol–water partition coefficient (Wildman–Crippen LogP) is 2.82. The maximum Gasteiger partial charge on any atom is 0.120 e. The van der Waals surface area contributed by atoms with Crippen LogP contribution in [0.1, 0.15) is 33.1 Å². The van der Waals surface area contributed by atoms with Crippen LogP contribution in [0, 0.1) is 18.3 Å². The van der Waals surface area contributed by atoms with Gasteiger partial charge in [-0.3, -0.25) is 0 Å². The SMILES string of the molecule is C#CCCC(C)C(=C)ON(C)CCC. The van der Waals surface area contributed by atoms with Crippen molar-refractivity contribution in [1.29, 1.82) is 0 Å². The monoisotopic (exact) mass is 195 g/mol. The predicted molar refractivity (Wildman–Crippen MR) is 60.4 cm³/mol. The van der Waals surface area contributed by atoms with Crippen molar-refractivity contribution in [3.63, 3.8) is 0 Å². The summed E-state index contributed by atoms with van der Waals surface area (Å²) in [6, 6.07) is 0. The van der Waals surface area contributed by atoms with Crippen molar-refractivity contribution in [2.24, 2.45) is 5.92 Å². The van der Waals surface area contributed by atoms with E-state index in [0.29, 0.717) is 5.92 Å². The Morgan fingerprint density at radius 1 is 1.64 bits per heavy atom. The molecule has 0 heterocycles. The van der Waals surface area contributed by atoms with E-state index in [1.807, 2.05) is 12.1 Å². The lowest BCUT2D eigenvalue weighted by molar-refractivity contribution is -0.106. The first kappa shape index (κ1) is 13.1. The molecule has 0 radical (unpaired) electrons.